The number of amidine groups is 2. The lowest BCUT2D eigenvalue weighted by Crippen LogP contribution is -2.49. The van der Waals surface area contributed by atoms with E-state index in [4.69, 9.17) is 9.98 Å². The summed E-state index contributed by atoms with van der Waals surface area (Å²) < 4.78 is 40.1. The average Bonchev–Trinajstić information content (AvgIpc) is 3.30. The highest BCUT2D eigenvalue weighted by atomic mass is 32.2. The van der Waals surface area contributed by atoms with Crippen molar-refractivity contribution in [2.24, 2.45) is 9.98 Å². The van der Waals surface area contributed by atoms with E-state index in [9.17, 15) is 13.2 Å². The van der Waals surface area contributed by atoms with Gasteiger partial charge in [0, 0.05) is 5.69 Å². The average molecular weight is 432 g/mol. The minimum absolute atomic E-state index is 0.503. The summed E-state index contributed by atoms with van der Waals surface area (Å²) in [6.07, 6.45) is 1.16. The molecular weight excluding hydrogens is 407 g/mol. The van der Waals surface area contributed by atoms with Crippen molar-refractivity contribution in [3.05, 3.63) is 59.2 Å². The second kappa shape index (κ2) is 7.76. The number of nitrogens with zero attached hydrogens (tertiary/aromatic N) is 3. The number of hydrogen-bond acceptors (Lipinski definition) is 3. The van der Waals surface area contributed by atoms with Gasteiger partial charge in [0.05, 0.1) is 11.3 Å². The summed E-state index contributed by atoms with van der Waals surface area (Å²) in [6, 6.07) is 11.6. The molecule has 1 saturated carbocycles. The molecule has 1 aliphatic heterocycles. The molecular formula is C23H24F3N3S. The number of hydrogen-bond donors (Lipinski definition) is 0. The summed E-state index contributed by atoms with van der Waals surface area (Å²) in [6.45, 7) is 4.04. The molecule has 2 aromatic rings. The first-order valence-corrected chi connectivity index (χ1v) is 11.2. The van der Waals surface area contributed by atoms with Crippen molar-refractivity contribution in [3.8, 4) is 0 Å². The Labute approximate surface area is 179 Å². The highest BCUT2D eigenvalue weighted by Gasteiger charge is 2.51. The summed E-state index contributed by atoms with van der Waals surface area (Å²) in [5.74, 6) is 0.708. The molecule has 1 aliphatic carbocycles. The van der Waals surface area contributed by atoms with Crippen molar-refractivity contribution in [1.82, 2.24) is 0 Å². The molecule has 0 bridgehead atoms. The molecule has 2 aromatic carbocycles. The third-order valence-corrected chi connectivity index (χ3v) is 6.58. The normalized spacial score (nSPS) is 19.7. The van der Waals surface area contributed by atoms with Gasteiger partial charge in [-0.05, 0) is 62.3 Å². The van der Waals surface area contributed by atoms with Gasteiger partial charge in [0.25, 0.3) is 0 Å². The summed E-state index contributed by atoms with van der Waals surface area (Å²) in [5.41, 5.74) is 2.40. The zero-order valence-electron chi connectivity index (χ0n) is 17.3. The molecule has 0 aromatic heterocycles. The fourth-order valence-electron chi connectivity index (χ4n) is 4.47. The summed E-state index contributed by atoms with van der Waals surface area (Å²) in [4.78, 5) is 11.8. The lowest BCUT2D eigenvalue weighted by Gasteiger charge is -2.37. The zero-order chi connectivity index (χ0) is 21.5. The molecule has 3 nitrogen and oxygen atoms in total. The molecule has 0 unspecified atom stereocenters. The van der Waals surface area contributed by atoms with Crippen molar-refractivity contribution in [2.75, 3.05) is 11.2 Å². The van der Waals surface area contributed by atoms with Crippen molar-refractivity contribution < 1.29 is 13.2 Å². The van der Waals surface area contributed by atoms with Crippen LogP contribution in [0, 0.1) is 13.8 Å². The minimum Gasteiger partial charge on any atom is -0.307 e. The fourth-order valence-corrected chi connectivity index (χ4v) is 5.11. The molecule has 0 saturated heterocycles. The quantitative estimate of drug-likeness (QED) is 0.517. The van der Waals surface area contributed by atoms with Crippen LogP contribution in [0.3, 0.4) is 0 Å². The van der Waals surface area contributed by atoms with E-state index in [0.29, 0.717) is 16.7 Å². The molecule has 1 spiro atoms. The van der Waals surface area contributed by atoms with Crippen molar-refractivity contribution >= 4 is 34.1 Å². The first kappa shape index (κ1) is 21.0. The smallest absolute Gasteiger partial charge is 0.307 e. The zero-order valence-corrected chi connectivity index (χ0v) is 18.1. The van der Waals surface area contributed by atoms with E-state index in [2.05, 4.69) is 0 Å². The molecule has 30 heavy (non-hydrogen) atoms. The lowest BCUT2D eigenvalue weighted by atomic mass is 9.93. The van der Waals surface area contributed by atoms with Gasteiger partial charge in [-0.2, -0.15) is 13.2 Å². The first-order valence-electron chi connectivity index (χ1n) is 10.0. The molecule has 0 radical (unpaired) electrons. The molecule has 0 N–H and O–H groups in total. The van der Waals surface area contributed by atoms with Crippen LogP contribution in [0.4, 0.5) is 24.5 Å². The van der Waals surface area contributed by atoms with Gasteiger partial charge in [-0.3, -0.25) is 0 Å². The number of benzene rings is 2. The van der Waals surface area contributed by atoms with E-state index in [-0.39, 0.29) is 0 Å². The number of aliphatic imine (C=N–C) groups is 2. The van der Waals surface area contributed by atoms with E-state index in [1.54, 1.807) is 6.07 Å². The van der Waals surface area contributed by atoms with Gasteiger partial charge >= 0.3 is 6.18 Å². The third-order valence-electron chi connectivity index (χ3n) is 5.94. The summed E-state index contributed by atoms with van der Waals surface area (Å²) >= 11 is 1.45. The van der Waals surface area contributed by atoms with Gasteiger partial charge in [-0.1, -0.05) is 48.9 Å². The van der Waals surface area contributed by atoms with Crippen LogP contribution in [0.2, 0.25) is 0 Å². The monoisotopic (exact) mass is 431 g/mol. The number of para-hydroxylation sites is 1. The number of thioether (sulfide) groups is 1. The van der Waals surface area contributed by atoms with Crippen molar-refractivity contribution in [3.63, 3.8) is 0 Å². The second-order valence-corrected chi connectivity index (χ2v) is 8.67. The Bertz CT molecular complexity index is 1000. The Balaban J connectivity index is 1.87. The van der Waals surface area contributed by atoms with Crippen molar-refractivity contribution in [2.45, 2.75) is 51.2 Å². The van der Waals surface area contributed by atoms with Gasteiger partial charge in [0.15, 0.2) is 11.0 Å². The summed E-state index contributed by atoms with van der Waals surface area (Å²) in [5, 5.41) is 0.696. The molecule has 4 rings (SSSR count). The van der Waals surface area contributed by atoms with E-state index in [1.807, 2.05) is 43.2 Å². The summed E-state index contributed by atoms with van der Waals surface area (Å²) in [7, 11) is 0. The number of anilines is 1. The van der Waals surface area contributed by atoms with Crippen LogP contribution in [-0.4, -0.2) is 22.8 Å². The topological polar surface area (TPSA) is 28.0 Å². The number of alkyl halides is 3. The van der Waals surface area contributed by atoms with E-state index in [0.717, 1.165) is 48.6 Å². The maximum Gasteiger partial charge on any atom is 0.416 e. The van der Waals surface area contributed by atoms with Crippen LogP contribution in [0.25, 0.3) is 0 Å². The molecule has 1 fully saturated rings. The maximum absolute atomic E-state index is 13.4. The van der Waals surface area contributed by atoms with E-state index < -0.39 is 17.3 Å². The predicted octanol–water partition coefficient (Wildman–Crippen LogP) is 6.90. The Morgan fingerprint density at radius 1 is 1.03 bits per heavy atom. The van der Waals surface area contributed by atoms with E-state index >= 15 is 0 Å². The SMILES string of the molecule is CSC1=NC(=Nc2c(C)cccc2C)C2(CCCC2)N1c1cccc(C(F)(F)F)c1. The highest BCUT2D eigenvalue weighted by Crippen LogP contribution is 2.46. The van der Waals surface area contributed by atoms with Crippen LogP contribution >= 0.6 is 11.8 Å². The first-order chi connectivity index (χ1) is 14.3. The third kappa shape index (κ3) is 3.53. The van der Waals surface area contributed by atoms with Crippen LogP contribution < -0.4 is 4.90 Å². The largest absolute Gasteiger partial charge is 0.416 e. The molecule has 158 valence electrons. The van der Waals surface area contributed by atoms with E-state index in [1.165, 1.54) is 23.9 Å². The Morgan fingerprint density at radius 3 is 2.27 bits per heavy atom. The minimum atomic E-state index is -4.38. The predicted molar refractivity (Wildman–Crippen MR) is 119 cm³/mol. The highest BCUT2D eigenvalue weighted by molar-refractivity contribution is 8.13. The van der Waals surface area contributed by atoms with Gasteiger partial charge in [-0.25, -0.2) is 9.98 Å². The lowest BCUT2D eigenvalue weighted by molar-refractivity contribution is -0.137. The molecule has 0 amide bonds. The standard InChI is InChI=1S/C23H24F3N3S/c1-15-8-6-9-16(2)19(15)27-20-22(12-4-5-13-22)29(21(28-20)30-3)18-11-7-10-17(14-18)23(24,25)26/h6-11,14H,4-5,12-13H2,1-3H3. The Kier molecular flexibility index (Phi) is 5.43. The van der Waals surface area contributed by atoms with Gasteiger partial charge in [-0.15, -0.1) is 0 Å². The van der Waals surface area contributed by atoms with Crippen molar-refractivity contribution in [1.29, 1.82) is 0 Å². The molecule has 2 aliphatic rings. The number of rotatable bonds is 2. The fraction of sp³-hybridized carbons (Fsp3) is 0.391. The van der Waals surface area contributed by atoms with Gasteiger partial charge < -0.3 is 4.90 Å². The molecule has 0 atom stereocenters. The second-order valence-electron chi connectivity index (χ2n) is 7.90. The number of halogens is 3. The van der Waals surface area contributed by atoms with Crippen LogP contribution in [0.15, 0.2) is 52.4 Å². The number of aryl methyl sites for hydroxylation is 2. The van der Waals surface area contributed by atoms with Gasteiger partial charge in [0.2, 0.25) is 0 Å². The van der Waals surface area contributed by atoms with Gasteiger partial charge in [0.1, 0.15) is 5.54 Å². The van der Waals surface area contributed by atoms with Crippen LogP contribution in [-0.2, 0) is 6.18 Å². The van der Waals surface area contributed by atoms with Crippen LogP contribution in [0.5, 0.6) is 0 Å². The molecule has 1 heterocycles. The Hall–Kier alpha value is -2.28. The molecule has 7 heteroatoms. The maximum atomic E-state index is 13.4. The van der Waals surface area contributed by atoms with Crippen LogP contribution in [0.1, 0.15) is 42.4 Å². The Morgan fingerprint density at radius 2 is 1.67 bits per heavy atom.